The van der Waals surface area contributed by atoms with Crippen molar-refractivity contribution >= 4 is 23.9 Å². The van der Waals surface area contributed by atoms with Crippen molar-refractivity contribution in [2.24, 2.45) is 0 Å². The lowest BCUT2D eigenvalue weighted by molar-refractivity contribution is -0.288. The van der Waals surface area contributed by atoms with E-state index in [-0.39, 0.29) is 12.4 Å². The number of carbonyl (C=O) groups excluding carboxylic acids is 4. The highest BCUT2D eigenvalue weighted by Crippen LogP contribution is 2.34. The van der Waals surface area contributed by atoms with Crippen LogP contribution in [0.15, 0.2) is 24.3 Å². The fourth-order valence-electron chi connectivity index (χ4n) is 3.12. The van der Waals surface area contributed by atoms with Crippen LogP contribution in [0.5, 0.6) is 11.5 Å². The van der Waals surface area contributed by atoms with Gasteiger partial charge in [0.15, 0.2) is 23.7 Å². The Kier molecular flexibility index (Phi) is 8.82. The maximum absolute atomic E-state index is 11.8. The molecule has 1 aromatic carbocycles. The van der Waals surface area contributed by atoms with Crippen molar-refractivity contribution < 1.29 is 52.3 Å². The van der Waals surface area contributed by atoms with Gasteiger partial charge in [0.25, 0.3) is 0 Å². The molecule has 5 atom stereocenters. The summed E-state index contributed by atoms with van der Waals surface area (Å²) < 4.78 is 38.1. The van der Waals surface area contributed by atoms with Crippen molar-refractivity contribution in [3.05, 3.63) is 24.3 Å². The third-order valence-corrected chi connectivity index (χ3v) is 4.26. The first-order valence-corrected chi connectivity index (χ1v) is 9.72. The van der Waals surface area contributed by atoms with Gasteiger partial charge in [-0.2, -0.15) is 0 Å². The molecule has 11 heteroatoms. The Balaban J connectivity index is 2.48. The molecule has 1 aliphatic heterocycles. The highest BCUT2D eigenvalue weighted by atomic mass is 16.7. The smallest absolute Gasteiger partial charge is 0.303 e. The Morgan fingerprint density at radius 2 is 1.31 bits per heavy atom. The molecule has 2 rings (SSSR count). The second-order valence-corrected chi connectivity index (χ2v) is 6.84. The van der Waals surface area contributed by atoms with Crippen molar-refractivity contribution in [3.63, 3.8) is 0 Å². The number of esters is 4. The lowest BCUT2D eigenvalue weighted by Crippen LogP contribution is -2.63. The van der Waals surface area contributed by atoms with Gasteiger partial charge in [0, 0.05) is 27.7 Å². The Bertz CT molecular complexity index is 837. The van der Waals surface area contributed by atoms with Crippen molar-refractivity contribution in [2.75, 3.05) is 13.7 Å². The second-order valence-electron chi connectivity index (χ2n) is 6.84. The minimum atomic E-state index is -1.33. The second kappa shape index (κ2) is 11.3. The molecule has 1 aliphatic rings. The number of carbonyl (C=O) groups is 4. The molecule has 0 spiro atoms. The van der Waals surface area contributed by atoms with Crippen LogP contribution < -0.4 is 9.47 Å². The van der Waals surface area contributed by atoms with Crippen LogP contribution >= 0.6 is 0 Å². The van der Waals surface area contributed by atoms with Crippen LogP contribution in [-0.4, -0.2) is 68.3 Å². The number of rotatable bonds is 8. The molecule has 32 heavy (non-hydrogen) atoms. The summed E-state index contributed by atoms with van der Waals surface area (Å²) >= 11 is 0. The molecule has 1 fully saturated rings. The third-order valence-electron chi connectivity index (χ3n) is 4.26. The standard InChI is InChI=1S/C21H26O11/c1-11(22)27-10-17-18(28-12(2)23)19(29-13(3)24)20(30-14(4)25)21(32-17)31-16-9-7-6-8-15(16)26-5/h6-9,17-21H,10H2,1-5H3/t17-,18-,19+,20-,21-/m0/s1. The van der Waals surface area contributed by atoms with Crippen LogP contribution in [0.4, 0.5) is 0 Å². The Morgan fingerprint density at radius 3 is 1.84 bits per heavy atom. The predicted molar refractivity (Wildman–Crippen MR) is 106 cm³/mol. The molecule has 0 aliphatic carbocycles. The number of benzene rings is 1. The number of hydrogen-bond donors (Lipinski definition) is 0. The number of para-hydroxylation sites is 2. The summed E-state index contributed by atoms with van der Waals surface area (Å²) in [4.78, 5) is 46.7. The van der Waals surface area contributed by atoms with Crippen molar-refractivity contribution in [1.82, 2.24) is 0 Å². The molecule has 1 aromatic rings. The van der Waals surface area contributed by atoms with E-state index in [9.17, 15) is 19.2 Å². The van der Waals surface area contributed by atoms with Crippen molar-refractivity contribution in [1.29, 1.82) is 0 Å². The topological polar surface area (TPSA) is 133 Å². The molecule has 11 nitrogen and oxygen atoms in total. The van der Waals surface area contributed by atoms with E-state index >= 15 is 0 Å². The van der Waals surface area contributed by atoms with Gasteiger partial charge >= 0.3 is 23.9 Å². The molecule has 0 saturated carbocycles. The van der Waals surface area contributed by atoms with Crippen molar-refractivity contribution in [2.45, 2.75) is 58.4 Å². The Hall–Kier alpha value is -3.34. The lowest BCUT2D eigenvalue weighted by atomic mass is 9.98. The van der Waals surface area contributed by atoms with Gasteiger partial charge in [-0.3, -0.25) is 19.2 Å². The molecule has 1 saturated heterocycles. The highest BCUT2D eigenvalue weighted by molar-refractivity contribution is 5.68. The van der Waals surface area contributed by atoms with Crippen LogP contribution in [0.1, 0.15) is 27.7 Å². The SMILES string of the molecule is COc1ccccc1O[C@H]1O[C@@H](COC(C)=O)[C@H](OC(C)=O)[C@@H](OC(C)=O)[C@@H]1OC(C)=O. The monoisotopic (exact) mass is 454 g/mol. The van der Waals surface area contributed by atoms with E-state index < -0.39 is 54.6 Å². The van der Waals surface area contributed by atoms with Gasteiger partial charge < -0.3 is 33.2 Å². The van der Waals surface area contributed by atoms with E-state index in [2.05, 4.69) is 0 Å². The summed E-state index contributed by atoms with van der Waals surface area (Å²) in [7, 11) is 1.44. The predicted octanol–water partition coefficient (Wildman–Crippen LogP) is 1.16. The fourth-order valence-corrected chi connectivity index (χ4v) is 3.12. The molecule has 0 unspecified atom stereocenters. The molecule has 0 N–H and O–H groups in total. The van der Waals surface area contributed by atoms with Gasteiger partial charge in [-0.15, -0.1) is 0 Å². The fraction of sp³-hybridized carbons (Fsp3) is 0.524. The quantitative estimate of drug-likeness (QED) is 0.414. The largest absolute Gasteiger partial charge is 0.493 e. The van der Waals surface area contributed by atoms with Crippen LogP contribution in [-0.2, 0) is 42.9 Å². The maximum atomic E-state index is 11.8. The molecule has 0 amide bonds. The number of methoxy groups -OCH3 is 1. The van der Waals surface area contributed by atoms with Crippen LogP contribution in [0.3, 0.4) is 0 Å². The zero-order valence-corrected chi connectivity index (χ0v) is 18.4. The van der Waals surface area contributed by atoms with E-state index in [1.54, 1.807) is 24.3 Å². The highest BCUT2D eigenvalue weighted by Gasteiger charge is 2.53. The van der Waals surface area contributed by atoms with Gasteiger partial charge in [-0.1, -0.05) is 12.1 Å². The average Bonchev–Trinajstić information content (AvgIpc) is 2.70. The first kappa shape index (κ1) is 24.9. The summed E-state index contributed by atoms with van der Waals surface area (Å²) in [6, 6.07) is 6.63. The lowest BCUT2D eigenvalue weighted by Gasteiger charge is -2.43. The Morgan fingerprint density at radius 1 is 0.781 bits per heavy atom. The van der Waals surface area contributed by atoms with Crippen LogP contribution in [0.25, 0.3) is 0 Å². The molecular formula is C21H26O11. The summed E-state index contributed by atoms with van der Waals surface area (Å²) in [6.45, 7) is 4.28. The Labute approximate surface area is 184 Å². The molecule has 1 heterocycles. The van der Waals surface area contributed by atoms with Gasteiger partial charge in [0.05, 0.1) is 7.11 Å². The zero-order valence-electron chi connectivity index (χ0n) is 18.4. The van der Waals surface area contributed by atoms with E-state index in [1.807, 2.05) is 0 Å². The zero-order chi connectivity index (χ0) is 23.8. The van der Waals surface area contributed by atoms with E-state index in [4.69, 9.17) is 33.2 Å². The summed E-state index contributed by atoms with van der Waals surface area (Å²) in [5, 5.41) is 0. The molecule has 0 bridgehead atoms. The maximum Gasteiger partial charge on any atom is 0.303 e. The van der Waals surface area contributed by atoms with E-state index in [0.29, 0.717) is 5.75 Å². The summed E-state index contributed by atoms with van der Waals surface area (Å²) in [5.74, 6) is -2.16. The van der Waals surface area contributed by atoms with E-state index in [0.717, 1.165) is 20.8 Å². The van der Waals surface area contributed by atoms with Gasteiger partial charge in [-0.25, -0.2) is 0 Å². The first-order chi connectivity index (χ1) is 15.1. The van der Waals surface area contributed by atoms with Gasteiger partial charge in [0.1, 0.15) is 12.7 Å². The van der Waals surface area contributed by atoms with Crippen LogP contribution in [0, 0.1) is 0 Å². The van der Waals surface area contributed by atoms with Gasteiger partial charge in [0.2, 0.25) is 12.4 Å². The molecular weight excluding hydrogens is 428 g/mol. The van der Waals surface area contributed by atoms with E-state index in [1.165, 1.54) is 14.0 Å². The molecule has 0 radical (unpaired) electrons. The van der Waals surface area contributed by atoms with Crippen molar-refractivity contribution in [3.8, 4) is 11.5 Å². The minimum Gasteiger partial charge on any atom is -0.493 e. The summed E-state index contributed by atoms with van der Waals surface area (Å²) in [6.07, 6.45) is -6.31. The number of ether oxygens (including phenoxy) is 7. The van der Waals surface area contributed by atoms with Gasteiger partial charge in [-0.05, 0) is 12.1 Å². The normalized spacial score (nSPS) is 24.6. The average molecular weight is 454 g/mol. The molecule has 176 valence electrons. The number of hydrogen-bond acceptors (Lipinski definition) is 11. The minimum absolute atomic E-state index is 0.246. The first-order valence-electron chi connectivity index (χ1n) is 9.72. The third kappa shape index (κ3) is 6.84. The summed E-state index contributed by atoms with van der Waals surface area (Å²) in [5.41, 5.74) is 0. The van der Waals surface area contributed by atoms with Crippen LogP contribution in [0.2, 0.25) is 0 Å². The molecule has 0 aromatic heterocycles.